The molecule has 2 heterocycles. The molecule has 3 aromatic rings. The van der Waals surface area contributed by atoms with Gasteiger partial charge in [0.05, 0.1) is 11.4 Å². The van der Waals surface area contributed by atoms with Crippen LogP contribution in [0.1, 0.15) is 11.3 Å². The number of hydrogen-bond acceptors (Lipinski definition) is 4. The Labute approximate surface area is 154 Å². The molecule has 2 aromatic heterocycles. The summed E-state index contributed by atoms with van der Waals surface area (Å²) in [7, 11) is 0. The summed E-state index contributed by atoms with van der Waals surface area (Å²) >= 11 is 7.22. The van der Waals surface area contributed by atoms with Crippen LogP contribution in [-0.4, -0.2) is 21.0 Å². The molecule has 0 fully saturated rings. The van der Waals surface area contributed by atoms with Crippen LogP contribution in [0, 0.1) is 6.92 Å². The Morgan fingerprint density at radius 3 is 2.76 bits per heavy atom. The summed E-state index contributed by atoms with van der Waals surface area (Å²) in [6.07, 6.45) is 1.77. The lowest BCUT2D eigenvalue weighted by Gasteiger charge is -2.06. The number of aryl methyl sites for hydroxylation is 1. The first-order valence-corrected chi connectivity index (χ1v) is 9.17. The molecular formula is C18H16ClN3O2S. The molecule has 0 aliphatic carbocycles. The smallest absolute Gasteiger partial charge is 0.258 e. The van der Waals surface area contributed by atoms with E-state index >= 15 is 0 Å². The number of benzene rings is 1. The number of carbonyl (C=O) groups excluding carboxylic acids is 1. The third-order valence-corrected chi connectivity index (χ3v) is 4.69. The number of nitrogens with zero attached hydrogens (tertiary/aromatic N) is 2. The molecular weight excluding hydrogens is 358 g/mol. The van der Waals surface area contributed by atoms with Gasteiger partial charge in [-0.25, -0.2) is 4.98 Å². The molecule has 5 nitrogen and oxygen atoms in total. The van der Waals surface area contributed by atoms with Crippen molar-refractivity contribution in [2.45, 2.75) is 12.7 Å². The monoisotopic (exact) mass is 373 g/mol. The number of hydrogen-bond donors (Lipinski definition) is 1. The first kappa shape index (κ1) is 17.5. The highest BCUT2D eigenvalue weighted by Gasteiger charge is 2.06. The fourth-order valence-corrected chi connectivity index (χ4v) is 3.15. The van der Waals surface area contributed by atoms with Crippen LogP contribution in [0.4, 0.5) is 5.69 Å². The van der Waals surface area contributed by atoms with Crippen molar-refractivity contribution in [3.05, 3.63) is 75.3 Å². The average molecular weight is 374 g/mol. The van der Waals surface area contributed by atoms with Crippen LogP contribution in [0.5, 0.6) is 0 Å². The molecule has 25 heavy (non-hydrogen) atoms. The van der Waals surface area contributed by atoms with Crippen molar-refractivity contribution < 1.29 is 4.79 Å². The van der Waals surface area contributed by atoms with Crippen molar-refractivity contribution in [1.29, 1.82) is 0 Å². The van der Waals surface area contributed by atoms with Gasteiger partial charge >= 0.3 is 0 Å². The van der Waals surface area contributed by atoms with E-state index < -0.39 is 0 Å². The maximum Gasteiger partial charge on any atom is 0.258 e. The van der Waals surface area contributed by atoms with Gasteiger partial charge < -0.3 is 5.32 Å². The third-order valence-electron chi connectivity index (χ3n) is 3.47. The van der Waals surface area contributed by atoms with E-state index in [-0.39, 0.29) is 17.2 Å². The molecule has 1 N–H and O–H groups in total. The van der Waals surface area contributed by atoms with Gasteiger partial charge in [-0.2, -0.15) is 0 Å². The summed E-state index contributed by atoms with van der Waals surface area (Å²) < 4.78 is 1.52. The Bertz CT molecular complexity index is 970. The lowest BCUT2D eigenvalue weighted by Crippen LogP contribution is -2.16. The van der Waals surface area contributed by atoms with E-state index in [1.165, 1.54) is 22.2 Å². The molecule has 0 saturated carbocycles. The lowest BCUT2D eigenvalue weighted by molar-refractivity contribution is -0.113. The van der Waals surface area contributed by atoms with Crippen LogP contribution in [-0.2, 0) is 10.5 Å². The van der Waals surface area contributed by atoms with Gasteiger partial charge in [0.2, 0.25) is 5.91 Å². The van der Waals surface area contributed by atoms with Gasteiger partial charge in [0, 0.05) is 28.7 Å². The molecule has 0 unspecified atom stereocenters. The van der Waals surface area contributed by atoms with E-state index in [1.807, 2.05) is 19.1 Å². The van der Waals surface area contributed by atoms with Gasteiger partial charge in [-0.05, 0) is 42.8 Å². The summed E-state index contributed by atoms with van der Waals surface area (Å²) in [6.45, 7) is 1.93. The van der Waals surface area contributed by atoms with E-state index in [9.17, 15) is 9.59 Å². The first-order valence-electron chi connectivity index (χ1n) is 7.63. The van der Waals surface area contributed by atoms with Crippen molar-refractivity contribution >= 4 is 40.6 Å². The molecule has 1 aromatic carbocycles. The zero-order valence-electron chi connectivity index (χ0n) is 13.5. The van der Waals surface area contributed by atoms with Crippen molar-refractivity contribution in [3.8, 4) is 0 Å². The second-order valence-electron chi connectivity index (χ2n) is 5.57. The number of thioether (sulfide) groups is 1. The van der Waals surface area contributed by atoms with Crippen LogP contribution in [0.25, 0.3) is 5.65 Å². The van der Waals surface area contributed by atoms with Crippen molar-refractivity contribution in [2.24, 2.45) is 0 Å². The topological polar surface area (TPSA) is 63.5 Å². The number of fused-ring (bicyclic) bond motifs is 1. The van der Waals surface area contributed by atoms with E-state index in [2.05, 4.69) is 10.3 Å². The van der Waals surface area contributed by atoms with Gasteiger partial charge in [-0.1, -0.05) is 17.7 Å². The maximum atomic E-state index is 12.1. The van der Waals surface area contributed by atoms with Gasteiger partial charge in [0.25, 0.3) is 5.56 Å². The molecule has 0 aliphatic rings. The standard InChI is InChI=1S/C18H16ClN3O2S/c1-12-2-7-16-20-15(8-18(24)22(16)9-12)10-25-11-17(23)21-14-5-3-13(19)4-6-14/h2-9H,10-11H2,1H3,(H,21,23). The zero-order chi connectivity index (χ0) is 17.8. The highest BCUT2D eigenvalue weighted by molar-refractivity contribution is 7.99. The van der Waals surface area contributed by atoms with Crippen LogP contribution in [0.15, 0.2) is 53.5 Å². The van der Waals surface area contributed by atoms with Crippen LogP contribution in [0.3, 0.4) is 0 Å². The van der Waals surface area contributed by atoms with Crippen molar-refractivity contribution in [1.82, 2.24) is 9.38 Å². The summed E-state index contributed by atoms with van der Waals surface area (Å²) in [4.78, 5) is 28.6. The van der Waals surface area contributed by atoms with Crippen LogP contribution < -0.4 is 10.9 Å². The Hall–Kier alpha value is -2.31. The summed E-state index contributed by atoms with van der Waals surface area (Å²) in [5.74, 6) is 0.658. The fraction of sp³-hybridized carbons (Fsp3) is 0.167. The number of pyridine rings is 1. The maximum absolute atomic E-state index is 12.1. The highest BCUT2D eigenvalue weighted by Crippen LogP contribution is 2.15. The van der Waals surface area contributed by atoms with Gasteiger partial charge in [0.15, 0.2) is 0 Å². The number of nitrogens with one attached hydrogen (secondary N) is 1. The number of anilines is 1. The molecule has 0 saturated heterocycles. The molecule has 0 atom stereocenters. The molecule has 0 radical (unpaired) electrons. The number of rotatable bonds is 5. The Kier molecular flexibility index (Phi) is 5.40. The average Bonchev–Trinajstić information content (AvgIpc) is 2.58. The summed E-state index contributed by atoms with van der Waals surface area (Å²) in [5, 5.41) is 3.42. The van der Waals surface area contributed by atoms with Crippen molar-refractivity contribution in [2.75, 3.05) is 11.1 Å². The number of carbonyl (C=O) groups is 1. The summed E-state index contributed by atoms with van der Waals surface area (Å²) in [5.41, 5.74) is 2.86. The van der Waals surface area contributed by atoms with E-state index in [0.29, 0.717) is 27.8 Å². The SMILES string of the molecule is Cc1ccc2nc(CSCC(=O)Nc3ccc(Cl)cc3)cc(=O)n2c1. The minimum Gasteiger partial charge on any atom is -0.325 e. The Balaban J connectivity index is 1.59. The second kappa shape index (κ2) is 7.72. The molecule has 1 amide bonds. The minimum absolute atomic E-state index is 0.111. The van der Waals surface area contributed by atoms with E-state index in [4.69, 9.17) is 11.6 Å². The normalized spacial score (nSPS) is 10.8. The van der Waals surface area contributed by atoms with Gasteiger partial charge in [0.1, 0.15) is 5.65 Å². The number of aromatic nitrogens is 2. The predicted molar refractivity (Wildman–Crippen MR) is 102 cm³/mol. The van der Waals surface area contributed by atoms with Gasteiger partial charge in [-0.3, -0.25) is 14.0 Å². The molecule has 0 spiro atoms. The molecule has 128 valence electrons. The third kappa shape index (κ3) is 4.61. The minimum atomic E-state index is -0.116. The Morgan fingerprint density at radius 2 is 2.00 bits per heavy atom. The summed E-state index contributed by atoms with van der Waals surface area (Å²) in [6, 6.07) is 12.2. The van der Waals surface area contributed by atoms with Crippen LogP contribution >= 0.6 is 23.4 Å². The molecule has 0 aliphatic heterocycles. The molecule has 7 heteroatoms. The van der Waals surface area contributed by atoms with Crippen LogP contribution in [0.2, 0.25) is 5.02 Å². The molecule has 0 bridgehead atoms. The second-order valence-corrected chi connectivity index (χ2v) is 6.99. The van der Waals surface area contributed by atoms with E-state index in [1.54, 1.807) is 30.5 Å². The fourth-order valence-electron chi connectivity index (χ4n) is 2.31. The first-order chi connectivity index (χ1) is 12.0. The quantitative estimate of drug-likeness (QED) is 0.743. The molecule has 3 rings (SSSR count). The van der Waals surface area contributed by atoms with Gasteiger partial charge in [-0.15, -0.1) is 11.8 Å². The predicted octanol–water partition coefficient (Wildman–Crippen LogP) is 3.53. The zero-order valence-corrected chi connectivity index (χ0v) is 15.1. The Morgan fingerprint density at radius 1 is 1.24 bits per heavy atom. The highest BCUT2D eigenvalue weighted by atomic mass is 35.5. The van der Waals surface area contributed by atoms with Crippen molar-refractivity contribution in [3.63, 3.8) is 0 Å². The number of amides is 1. The van der Waals surface area contributed by atoms with E-state index in [0.717, 1.165) is 5.56 Å². The number of halogens is 1. The lowest BCUT2D eigenvalue weighted by atomic mass is 10.3. The largest absolute Gasteiger partial charge is 0.325 e.